The molecule has 0 fully saturated rings. The van der Waals surface area contributed by atoms with Crippen LogP contribution in [0.3, 0.4) is 0 Å². The van der Waals surface area contributed by atoms with Crippen LogP contribution in [-0.4, -0.2) is 13.3 Å². The average Bonchev–Trinajstić information content (AvgIpc) is 2.46. The highest BCUT2D eigenvalue weighted by atomic mass is 32.2. The smallest absolute Gasteiger partial charge is 0.258 e. The molecule has 0 aliphatic rings. The zero-order chi connectivity index (χ0) is 16.3. The largest absolute Gasteiger partial charge is 0.306 e. The lowest BCUT2D eigenvalue weighted by Gasteiger charge is -2.09. The van der Waals surface area contributed by atoms with Crippen molar-refractivity contribution < 1.29 is 17.7 Å². The molecule has 2 aromatic rings. The minimum atomic E-state index is -3.97. The maximum atomic E-state index is 13.3. The van der Waals surface area contributed by atoms with E-state index in [1.54, 1.807) is 12.1 Å². The van der Waals surface area contributed by atoms with Crippen molar-refractivity contribution in [1.82, 2.24) is 4.72 Å². The molecule has 0 unspecified atom stereocenters. The Bertz CT molecular complexity index is 821. The number of hydrogen-bond donors (Lipinski definition) is 1. The summed E-state index contributed by atoms with van der Waals surface area (Å²) in [5.41, 5.74) is 0.816. The molecule has 0 aliphatic carbocycles. The van der Waals surface area contributed by atoms with E-state index in [1.165, 1.54) is 0 Å². The lowest BCUT2D eigenvalue weighted by molar-refractivity contribution is -0.387. The lowest BCUT2D eigenvalue weighted by atomic mass is 10.1. The second-order valence-electron chi connectivity index (χ2n) is 4.62. The number of aryl methyl sites for hydroxylation is 1. The molecule has 2 rings (SSSR count). The highest BCUT2D eigenvalue weighted by Crippen LogP contribution is 2.21. The summed E-state index contributed by atoms with van der Waals surface area (Å²) in [6, 6.07) is 9.67. The van der Waals surface area contributed by atoms with Crippen molar-refractivity contribution in [2.75, 3.05) is 0 Å². The molecule has 0 atom stereocenters. The number of benzene rings is 2. The Morgan fingerprint density at radius 1 is 1.23 bits per heavy atom. The number of hydrogen-bond acceptors (Lipinski definition) is 4. The zero-order valence-electron chi connectivity index (χ0n) is 11.6. The van der Waals surface area contributed by atoms with Gasteiger partial charge in [-0.2, -0.15) is 4.39 Å². The number of sulfonamides is 1. The Morgan fingerprint density at radius 2 is 1.91 bits per heavy atom. The molecule has 0 bridgehead atoms. The van der Waals surface area contributed by atoms with E-state index in [2.05, 4.69) is 4.72 Å². The number of nitrogens with one attached hydrogen (secondary N) is 1. The predicted molar refractivity (Wildman–Crippen MR) is 78.3 cm³/mol. The molecule has 22 heavy (non-hydrogen) atoms. The van der Waals surface area contributed by atoms with Gasteiger partial charge in [-0.3, -0.25) is 10.1 Å². The summed E-state index contributed by atoms with van der Waals surface area (Å²) in [5, 5.41) is 10.7. The van der Waals surface area contributed by atoms with Gasteiger partial charge in [0.25, 0.3) is 0 Å². The number of halogens is 1. The van der Waals surface area contributed by atoms with Crippen molar-refractivity contribution in [3.8, 4) is 0 Å². The van der Waals surface area contributed by atoms with Crippen molar-refractivity contribution in [3.05, 3.63) is 69.5 Å². The van der Waals surface area contributed by atoms with Crippen LogP contribution >= 0.6 is 0 Å². The summed E-state index contributed by atoms with van der Waals surface area (Å²) in [6.07, 6.45) is 0. The van der Waals surface area contributed by atoms with Gasteiger partial charge >= 0.3 is 5.69 Å². The monoisotopic (exact) mass is 324 g/mol. The number of nitro groups is 1. The number of rotatable bonds is 5. The number of nitro benzene ring substituents is 1. The van der Waals surface area contributed by atoms with Crippen molar-refractivity contribution in [2.24, 2.45) is 0 Å². The van der Waals surface area contributed by atoms with E-state index in [0.29, 0.717) is 6.07 Å². The topological polar surface area (TPSA) is 89.3 Å². The highest BCUT2D eigenvalue weighted by molar-refractivity contribution is 7.89. The normalized spacial score (nSPS) is 11.4. The summed E-state index contributed by atoms with van der Waals surface area (Å²) in [6.45, 7) is 1.88. The third-order valence-electron chi connectivity index (χ3n) is 3.14. The Hall–Kier alpha value is -2.32. The molecule has 0 saturated heterocycles. The van der Waals surface area contributed by atoms with Crippen molar-refractivity contribution >= 4 is 15.7 Å². The van der Waals surface area contributed by atoms with Crippen molar-refractivity contribution in [1.29, 1.82) is 0 Å². The van der Waals surface area contributed by atoms with Gasteiger partial charge in [-0.05, 0) is 30.2 Å². The minimum absolute atomic E-state index is 0.0418. The summed E-state index contributed by atoms with van der Waals surface area (Å²) >= 11 is 0. The first kappa shape index (κ1) is 16.1. The first-order valence-electron chi connectivity index (χ1n) is 6.29. The van der Waals surface area contributed by atoms with Gasteiger partial charge < -0.3 is 0 Å². The fourth-order valence-electron chi connectivity index (χ4n) is 1.86. The van der Waals surface area contributed by atoms with E-state index in [-0.39, 0.29) is 11.4 Å². The Balaban J connectivity index is 2.26. The third kappa shape index (κ3) is 3.46. The van der Waals surface area contributed by atoms with Crippen LogP contribution in [-0.2, 0) is 16.6 Å². The van der Waals surface area contributed by atoms with Gasteiger partial charge in [0.2, 0.25) is 15.8 Å². The van der Waals surface area contributed by atoms with Crippen LogP contribution in [0.4, 0.5) is 10.1 Å². The molecule has 0 aliphatic heterocycles. The van der Waals surface area contributed by atoms with Gasteiger partial charge in [0, 0.05) is 12.6 Å². The Labute approximate surface area is 126 Å². The lowest BCUT2D eigenvalue weighted by Crippen LogP contribution is -2.23. The Morgan fingerprint density at radius 3 is 2.55 bits per heavy atom. The molecular weight excluding hydrogens is 311 g/mol. The van der Waals surface area contributed by atoms with Gasteiger partial charge in [0.15, 0.2) is 0 Å². The molecule has 8 heteroatoms. The molecule has 0 spiro atoms. The first-order valence-corrected chi connectivity index (χ1v) is 7.77. The molecule has 116 valence electrons. The van der Waals surface area contributed by atoms with Crippen LogP contribution in [0, 0.1) is 22.9 Å². The van der Waals surface area contributed by atoms with Crippen LogP contribution in [0.2, 0.25) is 0 Å². The SMILES string of the molecule is Cc1ccccc1CNS(=O)(=O)c1ccc(F)c([N+](=O)[O-])c1. The summed E-state index contributed by atoms with van der Waals surface area (Å²) in [5.74, 6) is -1.08. The van der Waals surface area contributed by atoms with E-state index in [9.17, 15) is 22.9 Å². The quantitative estimate of drug-likeness (QED) is 0.676. The molecular formula is C14H13FN2O4S. The van der Waals surface area contributed by atoms with Crippen LogP contribution in [0.25, 0.3) is 0 Å². The maximum Gasteiger partial charge on any atom is 0.306 e. The van der Waals surface area contributed by atoms with Gasteiger partial charge in [0.05, 0.1) is 9.82 Å². The fraction of sp³-hybridized carbons (Fsp3) is 0.143. The van der Waals surface area contributed by atoms with Crippen LogP contribution in [0.1, 0.15) is 11.1 Å². The maximum absolute atomic E-state index is 13.3. The third-order valence-corrected chi connectivity index (χ3v) is 4.54. The van der Waals surface area contributed by atoms with Crippen LogP contribution in [0.5, 0.6) is 0 Å². The van der Waals surface area contributed by atoms with E-state index in [4.69, 9.17) is 0 Å². The summed E-state index contributed by atoms with van der Waals surface area (Å²) in [7, 11) is -3.97. The number of nitrogens with zero attached hydrogens (tertiary/aromatic N) is 1. The predicted octanol–water partition coefficient (Wildman–Crippen LogP) is 2.52. The van der Waals surface area contributed by atoms with Gasteiger partial charge in [-0.1, -0.05) is 24.3 Å². The summed E-state index contributed by atoms with van der Waals surface area (Å²) < 4.78 is 39.9. The van der Waals surface area contributed by atoms with Gasteiger partial charge in [-0.25, -0.2) is 13.1 Å². The molecule has 0 heterocycles. The van der Waals surface area contributed by atoms with E-state index < -0.39 is 26.5 Å². The second kappa shape index (κ2) is 6.20. The summed E-state index contributed by atoms with van der Waals surface area (Å²) in [4.78, 5) is 9.36. The molecule has 0 aromatic heterocycles. The van der Waals surface area contributed by atoms with Crippen molar-refractivity contribution in [3.63, 3.8) is 0 Å². The molecule has 1 N–H and O–H groups in total. The minimum Gasteiger partial charge on any atom is -0.258 e. The zero-order valence-corrected chi connectivity index (χ0v) is 12.4. The van der Waals surface area contributed by atoms with E-state index in [0.717, 1.165) is 23.3 Å². The van der Waals surface area contributed by atoms with E-state index >= 15 is 0 Å². The fourth-order valence-corrected chi connectivity index (χ4v) is 2.89. The van der Waals surface area contributed by atoms with Crippen LogP contribution < -0.4 is 4.72 Å². The highest BCUT2D eigenvalue weighted by Gasteiger charge is 2.21. The van der Waals surface area contributed by atoms with Gasteiger partial charge in [0.1, 0.15) is 0 Å². The molecule has 6 nitrogen and oxygen atoms in total. The van der Waals surface area contributed by atoms with Crippen LogP contribution in [0.15, 0.2) is 47.4 Å². The average molecular weight is 324 g/mol. The molecule has 0 amide bonds. The first-order chi connectivity index (χ1) is 10.3. The van der Waals surface area contributed by atoms with Crippen molar-refractivity contribution in [2.45, 2.75) is 18.4 Å². The standard InChI is InChI=1S/C14H13FN2O4S/c1-10-4-2-3-5-11(10)9-16-22(20,21)12-6-7-13(15)14(8-12)17(18)19/h2-8,16H,9H2,1H3. The Kier molecular flexibility index (Phi) is 4.53. The molecule has 2 aromatic carbocycles. The molecule has 0 radical (unpaired) electrons. The van der Waals surface area contributed by atoms with E-state index in [1.807, 2.05) is 19.1 Å². The molecule has 0 saturated carbocycles. The van der Waals surface area contributed by atoms with Gasteiger partial charge in [-0.15, -0.1) is 0 Å². The second-order valence-corrected chi connectivity index (χ2v) is 6.39.